The highest BCUT2D eigenvalue weighted by Crippen LogP contribution is 2.29. The molecule has 1 aliphatic rings. The summed E-state index contributed by atoms with van der Waals surface area (Å²) in [6.07, 6.45) is 7.75. The lowest BCUT2D eigenvalue weighted by Gasteiger charge is -2.28. The molecule has 1 aromatic carbocycles. The molecular formula is C25H29N5O2. The van der Waals surface area contributed by atoms with E-state index in [0.29, 0.717) is 17.1 Å². The minimum absolute atomic E-state index is 0.211. The van der Waals surface area contributed by atoms with Crippen LogP contribution in [0.2, 0.25) is 0 Å². The summed E-state index contributed by atoms with van der Waals surface area (Å²) >= 11 is 0. The molecule has 3 heterocycles. The lowest BCUT2D eigenvalue weighted by atomic mass is 9.97. The number of aromatic amines is 1. The van der Waals surface area contributed by atoms with Gasteiger partial charge in [0.25, 0.3) is 5.56 Å². The van der Waals surface area contributed by atoms with Crippen molar-refractivity contribution in [2.75, 3.05) is 36.5 Å². The van der Waals surface area contributed by atoms with Crippen LogP contribution in [-0.4, -0.2) is 42.5 Å². The van der Waals surface area contributed by atoms with E-state index in [9.17, 15) is 4.79 Å². The average molecular weight is 432 g/mol. The number of rotatable bonds is 7. The van der Waals surface area contributed by atoms with Gasteiger partial charge in [-0.3, -0.25) is 4.79 Å². The van der Waals surface area contributed by atoms with Crippen LogP contribution in [0.25, 0.3) is 16.3 Å². The number of H-pyrrole nitrogens is 1. The predicted molar refractivity (Wildman–Crippen MR) is 131 cm³/mol. The molecule has 0 aliphatic carbocycles. The molecule has 166 valence electrons. The van der Waals surface area contributed by atoms with Gasteiger partial charge in [0.05, 0.1) is 18.6 Å². The second kappa shape index (κ2) is 9.78. The highest BCUT2D eigenvalue weighted by atomic mass is 16.5. The van der Waals surface area contributed by atoms with E-state index in [0.717, 1.165) is 60.6 Å². The van der Waals surface area contributed by atoms with Crippen LogP contribution in [0.4, 0.5) is 17.2 Å². The molecule has 1 fully saturated rings. The zero-order chi connectivity index (χ0) is 22.5. The van der Waals surface area contributed by atoms with Crippen molar-refractivity contribution in [1.82, 2.24) is 9.97 Å². The summed E-state index contributed by atoms with van der Waals surface area (Å²) in [6.45, 7) is 7.48. The van der Waals surface area contributed by atoms with Crippen LogP contribution in [0.5, 0.6) is 0 Å². The fraction of sp³-hybridized carbons (Fsp3) is 0.320. The number of hydrogen-bond acceptors (Lipinski definition) is 6. The standard InChI is InChI=1S/C25H29N5O2/c1-3-17(2)14-18(15-26)22-16-28-24(23-21(22)8-9-27-25(23)31)29-19-4-6-20(7-5-19)30-10-12-32-13-11-30/h4-9,14-17,26H,3,10-13H2,1-2H3,(H,27,31)(H,28,29)/b18-14+,26-15?. The number of morpholine rings is 1. The third-order valence-corrected chi connectivity index (χ3v) is 5.89. The number of pyridine rings is 2. The average Bonchev–Trinajstić information content (AvgIpc) is 2.84. The Bertz CT molecular complexity index is 1180. The maximum atomic E-state index is 12.8. The Morgan fingerprint density at radius 3 is 2.72 bits per heavy atom. The molecule has 0 spiro atoms. The largest absolute Gasteiger partial charge is 0.378 e. The van der Waals surface area contributed by atoms with Crippen molar-refractivity contribution in [3.63, 3.8) is 0 Å². The van der Waals surface area contributed by atoms with Crippen molar-refractivity contribution >= 4 is 39.8 Å². The number of ether oxygens (including phenoxy) is 1. The topological polar surface area (TPSA) is 94.1 Å². The third-order valence-electron chi connectivity index (χ3n) is 5.89. The number of nitrogens with zero attached hydrogens (tertiary/aromatic N) is 2. The van der Waals surface area contributed by atoms with Gasteiger partial charge in [0.2, 0.25) is 0 Å². The molecule has 0 saturated carbocycles. The van der Waals surface area contributed by atoms with Gasteiger partial charge in [0.1, 0.15) is 5.82 Å². The molecule has 1 unspecified atom stereocenters. The summed E-state index contributed by atoms with van der Waals surface area (Å²) in [5, 5.41) is 12.5. The van der Waals surface area contributed by atoms with Crippen LogP contribution >= 0.6 is 0 Å². The number of fused-ring (bicyclic) bond motifs is 1. The number of aromatic nitrogens is 2. The van der Waals surface area contributed by atoms with Gasteiger partial charge in [-0.15, -0.1) is 0 Å². The molecule has 1 aliphatic heterocycles. The SMILES string of the molecule is CCC(C)/C=C(\C=N)c1cnc(Nc2ccc(N3CCOCC3)cc2)c2c(=O)[nH]ccc12. The Hall–Kier alpha value is -3.45. The van der Waals surface area contributed by atoms with Crippen molar-refractivity contribution in [1.29, 1.82) is 5.41 Å². The van der Waals surface area contributed by atoms with Gasteiger partial charge in [0.15, 0.2) is 0 Å². The summed E-state index contributed by atoms with van der Waals surface area (Å²) in [7, 11) is 0. The molecule has 2 aromatic heterocycles. The molecule has 0 amide bonds. The number of hydrogen-bond donors (Lipinski definition) is 3. The first kappa shape index (κ1) is 21.8. The Balaban J connectivity index is 1.69. The Kier molecular flexibility index (Phi) is 6.66. The number of nitrogens with one attached hydrogen (secondary N) is 3. The Morgan fingerprint density at radius 2 is 2.03 bits per heavy atom. The van der Waals surface area contributed by atoms with Crippen LogP contribution in [0, 0.1) is 11.3 Å². The second-order valence-electron chi connectivity index (χ2n) is 8.04. The predicted octanol–water partition coefficient (Wildman–Crippen LogP) is 4.58. The normalized spacial score (nSPS) is 15.6. The van der Waals surface area contributed by atoms with Gasteiger partial charge < -0.3 is 25.3 Å². The van der Waals surface area contributed by atoms with E-state index < -0.39 is 0 Å². The van der Waals surface area contributed by atoms with Gasteiger partial charge in [-0.25, -0.2) is 4.98 Å². The summed E-state index contributed by atoms with van der Waals surface area (Å²) in [4.78, 5) is 22.4. The van der Waals surface area contributed by atoms with Crippen LogP contribution < -0.4 is 15.8 Å². The maximum absolute atomic E-state index is 12.8. The van der Waals surface area contributed by atoms with Gasteiger partial charge >= 0.3 is 0 Å². The van der Waals surface area contributed by atoms with Crippen LogP contribution in [0.1, 0.15) is 25.8 Å². The van der Waals surface area contributed by atoms with Crippen molar-refractivity contribution in [2.24, 2.45) is 5.92 Å². The van der Waals surface area contributed by atoms with E-state index in [2.05, 4.69) is 52.2 Å². The van der Waals surface area contributed by atoms with E-state index in [4.69, 9.17) is 10.1 Å². The summed E-state index contributed by atoms with van der Waals surface area (Å²) in [5.74, 6) is 0.823. The molecule has 0 bridgehead atoms. The first-order valence-corrected chi connectivity index (χ1v) is 11.0. The fourth-order valence-electron chi connectivity index (χ4n) is 3.88. The minimum atomic E-state index is -0.211. The molecule has 1 saturated heterocycles. The molecule has 32 heavy (non-hydrogen) atoms. The van der Waals surface area contributed by atoms with Crippen molar-refractivity contribution < 1.29 is 4.74 Å². The Labute approximate surface area is 187 Å². The molecular weight excluding hydrogens is 402 g/mol. The monoisotopic (exact) mass is 431 g/mol. The lowest BCUT2D eigenvalue weighted by molar-refractivity contribution is 0.122. The Morgan fingerprint density at radius 1 is 1.28 bits per heavy atom. The molecule has 7 nitrogen and oxygen atoms in total. The first-order valence-electron chi connectivity index (χ1n) is 11.0. The maximum Gasteiger partial charge on any atom is 0.259 e. The van der Waals surface area contributed by atoms with Gasteiger partial charge in [0, 0.05) is 54.0 Å². The number of anilines is 3. The van der Waals surface area contributed by atoms with Crippen LogP contribution in [0.3, 0.4) is 0 Å². The first-order chi connectivity index (χ1) is 15.6. The molecule has 0 radical (unpaired) electrons. The summed E-state index contributed by atoms with van der Waals surface area (Å²) < 4.78 is 5.43. The van der Waals surface area contributed by atoms with Crippen molar-refractivity contribution in [3.05, 3.63) is 64.7 Å². The highest BCUT2D eigenvalue weighted by Gasteiger charge is 2.15. The third kappa shape index (κ3) is 4.57. The van der Waals surface area contributed by atoms with E-state index >= 15 is 0 Å². The highest BCUT2D eigenvalue weighted by molar-refractivity contribution is 6.14. The zero-order valence-corrected chi connectivity index (χ0v) is 18.5. The van der Waals surface area contributed by atoms with Crippen molar-refractivity contribution in [2.45, 2.75) is 20.3 Å². The number of allylic oxidation sites excluding steroid dienone is 2. The quantitative estimate of drug-likeness (QED) is 0.476. The number of benzene rings is 1. The van der Waals surface area contributed by atoms with Gasteiger partial charge in [-0.05, 0) is 41.8 Å². The molecule has 1 atom stereocenters. The minimum Gasteiger partial charge on any atom is -0.378 e. The van der Waals surface area contributed by atoms with E-state index in [1.54, 1.807) is 12.4 Å². The smallest absolute Gasteiger partial charge is 0.259 e. The molecule has 4 rings (SSSR count). The molecule has 3 aromatic rings. The summed E-state index contributed by atoms with van der Waals surface area (Å²) in [5.41, 5.74) is 3.35. The van der Waals surface area contributed by atoms with Gasteiger partial charge in [-0.1, -0.05) is 26.3 Å². The van der Waals surface area contributed by atoms with Crippen molar-refractivity contribution in [3.8, 4) is 0 Å². The fourth-order valence-corrected chi connectivity index (χ4v) is 3.88. The van der Waals surface area contributed by atoms with Gasteiger partial charge in [-0.2, -0.15) is 0 Å². The summed E-state index contributed by atoms with van der Waals surface area (Å²) in [6, 6.07) is 9.99. The van der Waals surface area contributed by atoms with Crippen LogP contribution in [0.15, 0.2) is 53.6 Å². The zero-order valence-electron chi connectivity index (χ0n) is 18.5. The van der Waals surface area contributed by atoms with E-state index in [-0.39, 0.29) is 5.56 Å². The molecule has 7 heteroatoms. The van der Waals surface area contributed by atoms with E-state index in [1.165, 1.54) is 6.21 Å². The van der Waals surface area contributed by atoms with E-state index in [1.807, 2.05) is 18.2 Å². The van der Waals surface area contributed by atoms with Crippen LogP contribution in [-0.2, 0) is 4.74 Å². The molecule has 3 N–H and O–H groups in total. The second-order valence-corrected chi connectivity index (χ2v) is 8.04. The lowest BCUT2D eigenvalue weighted by Crippen LogP contribution is -2.36.